The average Bonchev–Trinajstić information content (AvgIpc) is 2.08. The maximum atomic E-state index is 13.1. The zero-order valence-corrected chi connectivity index (χ0v) is 7.79. The van der Waals surface area contributed by atoms with Crippen molar-refractivity contribution < 1.29 is 9.50 Å². The van der Waals surface area contributed by atoms with Crippen LogP contribution in [-0.4, -0.2) is 11.1 Å². The van der Waals surface area contributed by atoms with Gasteiger partial charge in [-0.1, -0.05) is 12.1 Å². The van der Waals surface area contributed by atoms with Crippen molar-refractivity contribution in [1.82, 2.24) is 0 Å². The van der Waals surface area contributed by atoms with E-state index < -0.39 is 6.10 Å². The van der Waals surface area contributed by atoms with Gasteiger partial charge >= 0.3 is 0 Å². The Morgan fingerprint density at radius 3 is 2.62 bits per heavy atom. The lowest BCUT2D eigenvalue weighted by Crippen LogP contribution is -2.25. The smallest absolute Gasteiger partial charge is 0.126 e. The molecule has 0 saturated heterocycles. The molecule has 0 bridgehead atoms. The summed E-state index contributed by atoms with van der Waals surface area (Å²) in [4.78, 5) is 0. The van der Waals surface area contributed by atoms with Crippen LogP contribution in [0.1, 0.15) is 24.2 Å². The molecule has 0 spiro atoms. The SMILES string of the molecule is Cc1c(F)cccc1[C@@H](O)[C@@H](C)N. The van der Waals surface area contributed by atoms with E-state index in [2.05, 4.69) is 0 Å². The molecule has 0 fully saturated rings. The first-order chi connectivity index (χ1) is 6.04. The fourth-order valence-corrected chi connectivity index (χ4v) is 1.23. The van der Waals surface area contributed by atoms with Crippen LogP contribution in [0.25, 0.3) is 0 Å². The zero-order chi connectivity index (χ0) is 10.0. The Morgan fingerprint density at radius 1 is 1.46 bits per heavy atom. The maximum absolute atomic E-state index is 13.1. The van der Waals surface area contributed by atoms with E-state index >= 15 is 0 Å². The first-order valence-electron chi connectivity index (χ1n) is 4.22. The molecule has 13 heavy (non-hydrogen) atoms. The summed E-state index contributed by atoms with van der Waals surface area (Å²) >= 11 is 0. The predicted molar refractivity (Wildman–Crippen MR) is 49.7 cm³/mol. The summed E-state index contributed by atoms with van der Waals surface area (Å²) in [5.41, 5.74) is 6.54. The summed E-state index contributed by atoms with van der Waals surface area (Å²) in [5, 5.41) is 9.61. The molecule has 2 nitrogen and oxygen atoms in total. The van der Waals surface area contributed by atoms with E-state index in [1.807, 2.05) is 0 Å². The van der Waals surface area contributed by atoms with Gasteiger partial charge in [0.1, 0.15) is 5.82 Å². The number of nitrogens with two attached hydrogens (primary N) is 1. The molecular weight excluding hydrogens is 169 g/mol. The van der Waals surface area contributed by atoms with Gasteiger partial charge in [-0.05, 0) is 31.0 Å². The van der Waals surface area contributed by atoms with Crippen LogP contribution in [0.5, 0.6) is 0 Å². The highest BCUT2D eigenvalue weighted by atomic mass is 19.1. The van der Waals surface area contributed by atoms with Gasteiger partial charge in [0.15, 0.2) is 0 Å². The molecule has 72 valence electrons. The Bertz CT molecular complexity index is 299. The van der Waals surface area contributed by atoms with Crippen LogP contribution in [0.15, 0.2) is 18.2 Å². The van der Waals surface area contributed by atoms with Gasteiger partial charge in [0, 0.05) is 6.04 Å². The van der Waals surface area contributed by atoms with Crippen molar-refractivity contribution in [2.45, 2.75) is 26.0 Å². The third kappa shape index (κ3) is 2.05. The van der Waals surface area contributed by atoms with E-state index in [1.165, 1.54) is 6.07 Å². The summed E-state index contributed by atoms with van der Waals surface area (Å²) in [5.74, 6) is -0.308. The monoisotopic (exact) mass is 183 g/mol. The fraction of sp³-hybridized carbons (Fsp3) is 0.400. The van der Waals surface area contributed by atoms with E-state index in [0.717, 1.165) is 0 Å². The minimum absolute atomic E-state index is 0.308. The van der Waals surface area contributed by atoms with Crippen molar-refractivity contribution in [3.8, 4) is 0 Å². The highest BCUT2D eigenvalue weighted by molar-refractivity contribution is 5.29. The molecule has 0 amide bonds. The quantitative estimate of drug-likeness (QED) is 0.730. The molecule has 2 atom stereocenters. The van der Waals surface area contributed by atoms with Crippen LogP contribution in [0.4, 0.5) is 4.39 Å². The van der Waals surface area contributed by atoms with Crippen molar-refractivity contribution in [1.29, 1.82) is 0 Å². The van der Waals surface area contributed by atoms with Gasteiger partial charge in [-0.25, -0.2) is 4.39 Å². The normalized spacial score (nSPS) is 15.5. The van der Waals surface area contributed by atoms with Crippen LogP contribution < -0.4 is 5.73 Å². The van der Waals surface area contributed by atoms with E-state index in [0.29, 0.717) is 11.1 Å². The molecule has 3 N–H and O–H groups in total. The molecule has 0 heterocycles. The van der Waals surface area contributed by atoms with E-state index in [-0.39, 0.29) is 11.9 Å². The summed E-state index contributed by atoms with van der Waals surface area (Å²) in [6.45, 7) is 3.32. The van der Waals surface area contributed by atoms with Gasteiger partial charge in [0.2, 0.25) is 0 Å². The van der Waals surface area contributed by atoms with Gasteiger partial charge in [-0.3, -0.25) is 0 Å². The van der Waals surface area contributed by atoms with Gasteiger partial charge in [-0.2, -0.15) is 0 Å². The Balaban J connectivity index is 3.07. The molecule has 0 radical (unpaired) electrons. The molecule has 0 aliphatic rings. The Morgan fingerprint density at radius 2 is 2.08 bits per heavy atom. The number of aliphatic hydroxyl groups excluding tert-OH is 1. The van der Waals surface area contributed by atoms with Crippen LogP contribution >= 0.6 is 0 Å². The number of hydrogen-bond donors (Lipinski definition) is 2. The third-order valence-electron chi connectivity index (χ3n) is 2.13. The van der Waals surface area contributed by atoms with Crippen LogP contribution in [-0.2, 0) is 0 Å². The summed E-state index contributed by atoms with van der Waals surface area (Å²) < 4.78 is 13.1. The number of rotatable bonds is 2. The van der Waals surface area contributed by atoms with Crippen LogP contribution in [0.3, 0.4) is 0 Å². The number of benzene rings is 1. The first kappa shape index (κ1) is 10.2. The predicted octanol–water partition coefficient (Wildman–Crippen LogP) is 1.51. The molecule has 3 heteroatoms. The Hall–Kier alpha value is -0.930. The third-order valence-corrected chi connectivity index (χ3v) is 2.13. The minimum atomic E-state index is -0.796. The number of hydrogen-bond acceptors (Lipinski definition) is 2. The van der Waals surface area contributed by atoms with E-state index in [9.17, 15) is 9.50 Å². The summed E-state index contributed by atoms with van der Waals surface area (Å²) in [6, 6.07) is 4.24. The maximum Gasteiger partial charge on any atom is 0.126 e. The van der Waals surface area contributed by atoms with Crippen molar-refractivity contribution >= 4 is 0 Å². The molecule has 0 aliphatic heterocycles. The second-order valence-electron chi connectivity index (χ2n) is 3.26. The van der Waals surface area contributed by atoms with E-state index in [1.54, 1.807) is 26.0 Å². The average molecular weight is 183 g/mol. The molecule has 0 saturated carbocycles. The van der Waals surface area contributed by atoms with Crippen molar-refractivity contribution in [3.05, 3.63) is 35.1 Å². The topological polar surface area (TPSA) is 46.2 Å². The largest absolute Gasteiger partial charge is 0.387 e. The van der Waals surface area contributed by atoms with Crippen LogP contribution in [0, 0.1) is 12.7 Å². The number of halogens is 1. The molecule has 1 rings (SSSR count). The molecule has 1 aromatic carbocycles. The van der Waals surface area contributed by atoms with Crippen molar-refractivity contribution in [3.63, 3.8) is 0 Å². The standard InChI is InChI=1S/C10H14FNO/c1-6-8(10(13)7(2)12)4-3-5-9(6)11/h3-5,7,10,13H,12H2,1-2H3/t7-,10+/m1/s1. The minimum Gasteiger partial charge on any atom is -0.387 e. The Kier molecular flexibility index (Phi) is 3.01. The summed E-state index contributed by atoms with van der Waals surface area (Å²) in [7, 11) is 0. The van der Waals surface area contributed by atoms with Crippen LogP contribution in [0.2, 0.25) is 0 Å². The van der Waals surface area contributed by atoms with Gasteiger partial charge in [-0.15, -0.1) is 0 Å². The highest BCUT2D eigenvalue weighted by Crippen LogP contribution is 2.21. The molecule has 0 aliphatic carbocycles. The molecule has 1 aromatic rings. The highest BCUT2D eigenvalue weighted by Gasteiger charge is 2.15. The van der Waals surface area contributed by atoms with Crippen molar-refractivity contribution in [2.75, 3.05) is 0 Å². The lowest BCUT2D eigenvalue weighted by Gasteiger charge is -2.17. The van der Waals surface area contributed by atoms with Gasteiger partial charge in [0.25, 0.3) is 0 Å². The first-order valence-corrected chi connectivity index (χ1v) is 4.22. The summed E-state index contributed by atoms with van der Waals surface area (Å²) in [6.07, 6.45) is -0.796. The second kappa shape index (κ2) is 3.85. The lowest BCUT2D eigenvalue weighted by molar-refractivity contribution is 0.152. The zero-order valence-electron chi connectivity index (χ0n) is 7.79. The van der Waals surface area contributed by atoms with E-state index in [4.69, 9.17) is 5.73 Å². The fourth-order valence-electron chi connectivity index (χ4n) is 1.23. The van der Waals surface area contributed by atoms with Gasteiger partial charge in [0.05, 0.1) is 6.10 Å². The Labute approximate surface area is 77.2 Å². The molecule has 0 aromatic heterocycles. The van der Waals surface area contributed by atoms with Gasteiger partial charge < -0.3 is 10.8 Å². The molecule has 0 unspecified atom stereocenters. The number of aliphatic hydroxyl groups is 1. The lowest BCUT2D eigenvalue weighted by atomic mass is 9.99. The molecular formula is C10H14FNO. The van der Waals surface area contributed by atoms with Crippen molar-refractivity contribution in [2.24, 2.45) is 5.73 Å². The second-order valence-corrected chi connectivity index (χ2v) is 3.26.